The van der Waals surface area contributed by atoms with Gasteiger partial charge in [-0.05, 0) is 69.9 Å². The molecule has 3 nitrogen and oxygen atoms in total. The Hall–Kier alpha value is -0.900. The first-order valence-corrected chi connectivity index (χ1v) is 8.40. The van der Waals surface area contributed by atoms with Crippen LogP contribution in [0.3, 0.4) is 0 Å². The van der Waals surface area contributed by atoms with Crippen molar-refractivity contribution in [2.24, 2.45) is 5.73 Å². The van der Waals surface area contributed by atoms with Gasteiger partial charge in [0.1, 0.15) is 0 Å². The van der Waals surface area contributed by atoms with Gasteiger partial charge >= 0.3 is 0 Å². The Morgan fingerprint density at radius 2 is 1.86 bits per heavy atom. The van der Waals surface area contributed by atoms with E-state index in [0.29, 0.717) is 18.6 Å². The second kappa shape index (κ2) is 6.47. The highest BCUT2D eigenvalue weighted by atomic mass is 15.2. The van der Waals surface area contributed by atoms with E-state index in [2.05, 4.69) is 48.2 Å². The summed E-state index contributed by atoms with van der Waals surface area (Å²) in [6, 6.07) is 10.0. The molecule has 21 heavy (non-hydrogen) atoms. The molecule has 1 atom stereocenters. The number of likely N-dealkylation sites (tertiary alicyclic amines) is 1. The van der Waals surface area contributed by atoms with Crippen LogP contribution < -0.4 is 5.73 Å². The zero-order valence-corrected chi connectivity index (χ0v) is 13.5. The number of hydrogen-bond acceptors (Lipinski definition) is 3. The lowest BCUT2D eigenvalue weighted by atomic mass is 9.93. The van der Waals surface area contributed by atoms with Crippen molar-refractivity contribution in [1.82, 2.24) is 9.80 Å². The molecule has 0 aromatic heterocycles. The molecule has 1 aliphatic carbocycles. The predicted molar refractivity (Wildman–Crippen MR) is 88.5 cm³/mol. The van der Waals surface area contributed by atoms with Crippen molar-refractivity contribution in [2.45, 2.75) is 43.7 Å². The van der Waals surface area contributed by atoms with Gasteiger partial charge in [-0.1, -0.05) is 24.3 Å². The van der Waals surface area contributed by atoms with E-state index >= 15 is 0 Å². The smallest absolute Gasteiger partial charge is 0.0473 e. The van der Waals surface area contributed by atoms with Crippen molar-refractivity contribution < 1.29 is 0 Å². The molecule has 1 aliphatic heterocycles. The van der Waals surface area contributed by atoms with Crippen LogP contribution in [0.2, 0.25) is 0 Å². The second-order valence-electron chi connectivity index (χ2n) is 6.85. The summed E-state index contributed by atoms with van der Waals surface area (Å²) in [4.78, 5) is 4.98. The molecular formula is C18H29N3. The molecule has 0 bridgehead atoms. The van der Waals surface area contributed by atoms with Crippen LogP contribution in [0.1, 0.15) is 48.8 Å². The monoisotopic (exact) mass is 287 g/mol. The minimum Gasteiger partial charge on any atom is -0.329 e. The van der Waals surface area contributed by atoms with E-state index < -0.39 is 0 Å². The van der Waals surface area contributed by atoms with Gasteiger partial charge in [0.15, 0.2) is 0 Å². The Morgan fingerprint density at radius 1 is 1.19 bits per heavy atom. The van der Waals surface area contributed by atoms with Crippen LogP contribution in [0.4, 0.5) is 0 Å². The van der Waals surface area contributed by atoms with E-state index in [1.807, 2.05) is 0 Å². The lowest BCUT2D eigenvalue weighted by Crippen LogP contribution is -2.45. The highest BCUT2D eigenvalue weighted by molar-refractivity contribution is 5.36. The molecule has 1 unspecified atom stereocenters. The largest absolute Gasteiger partial charge is 0.329 e. The Morgan fingerprint density at radius 3 is 2.48 bits per heavy atom. The number of benzene rings is 1. The highest BCUT2D eigenvalue weighted by Gasteiger charge is 2.31. The van der Waals surface area contributed by atoms with Gasteiger partial charge in [0.25, 0.3) is 0 Å². The van der Waals surface area contributed by atoms with Gasteiger partial charge in [-0.2, -0.15) is 0 Å². The maximum absolute atomic E-state index is 6.18. The van der Waals surface area contributed by atoms with Gasteiger partial charge < -0.3 is 10.6 Å². The van der Waals surface area contributed by atoms with Gasteiger partial charge in [0.05, 0.1) is 0 Å². The molecule has 0 radical (unpaired) electrons. The van der Waals surface area contributed by atoms with E-state index in [1.165, 1.54) is 44.3 Å². The molecule has 1 aromatic rings. The molecule has 1 saturated heterocycles. The van der Waals surface area contributed by atoms with Gasteiger partial charge in [-0.15, -0.1) is 0 Å². The normalized spacial score (nSPS) is 22.7. The molecule has 1 saturated carbocycles. The molecule has 2 N–H and O–H groups in total. The van der Waals surface area contributed by atoms with Crippen LogP contribution in [0, 0.1) is 0 Å². The standard InChI is InChI=1S/C18H29N3/c1-20-11-9-15(10-12-20)21(2)18(13-19)17-6-4-3-5-16(17)14-7-8-14/h3-6,14-15,18H,7-13,19H2,1-2H3. The molecule has 2 fully saturated rings. The van der Waals surface area contributed by atoms with Crippen LogP contribution in [0.5, 0.6) is 0 Å². The van der Waals surface area contributed by atoms with Gasteiger partial charge in [-0.25, -0.2) is 0 Å². The number of hydrogen-bond donors (Lipinski definition) is 1. The second-order valence-corrected chi connectivity index (χ2v) is 6.85. The summed E-state index contributed by atoms with van der Waals surface area (Å²) < 4.78 is 0. The van der Waals surface area contributed by atoms with Crippen molar-refractivity contribution in [3.05, 3.63) is 35.4 Å². The first kappa shape index (κ1) is 15.0. The van der Waals surface area contributed by atoms with Crippen molar-refractivity contribution in [2.75, 3.05) is 33.7 Å². The summed E-state index contributed by atoms with van der Waals surface area (Å²) in [7, 11) is 4.50. The molecule has 3 rings (SSSR count). The third kappa shape index (κ3) is 3.31. The summed E-state index contributed by atoms with van der Waals surface area (Å²) in [5.41, 5.74) is 9.20. The summed E-state index contributed by atoms with van der Waals surface area (Å²) in [5, 5.41) is 0. The first-order valence-electron chi connectivity index (χ1n) is 8.40. The van der Waals surface area contributed by atoms with Crippen molar-refractivity contribution in [3.63, 3.8) is 0 Å². The fraction of sp³-hybridized carbons (Fsp3) is 0.667. The highest BCUT2D eigenvalue weighted by Crippen LogP contribution is 2.43. The predicted octanol–water partition coefficient (Wildman–Crippen LogP) is 2.59. The molecule has 3 heteroatoms. The Labute approximate surface area is 129 Å². The first-order chi connectivity index (χ1) is 10.2. The molecule has 1 aromatic carbocycles. The van der Waals surface area contributed by atoms with Crippen LogP contribution in [-0.4, -0.2) is 49.6 Å². The maximum atomic E-state index is 6.18. The lowest BCUT2D eigenvalue weighted by molar-refractivity contribution is 0.109. The van der Waals surface area contributed by atoms with Crippen molar-refractivity contribution >= 4 is 0 Å². The number of rotatable bonds is 5. The summed E-state index contributed by atoms with van der Waals surface area (Å²) in [6.45, 7) is 3.12. The third-order valence-corrected chi connectivity index (χ3v) is 5.35. The molecule has 0 spiro atoms. The molecule has 2 aliphatic rings. The van der Waals surface area contributed by atoms with Gasteiger partial charge in [0.2, 0.25) is 0 Å². The number of nitrogens with zero attached hydrogens (tertiary/aromatic N) is 2. The van der Waals surface area contributed by atoms with E-state index in [4.69, 9.17) is 5.73 Å². The summed E-state index contributed by atoms with van der Waals surface area (Å²) >= 11 is 0. The van der Waals surface area contributed by atoms with Crippen LogP contribution >= 0.6 is 0 Å². The third-order valence-electron chi connectivity index (χ3n) is 5.35. The molecule has 116 valence electrons. The van der Waals surface area contributed by atoms with Crippen molar-refractivity contribution in [1.29, 1.82) is 0 Å². The summed E-state index contributed by atoms with van der Waals surface area (Å²) in [6.07, 6.45) is 5.22. The molecule has 1 heterocycles. The summed E-state index contributed by atoms with van der Waals surface area (Å²) in [5.74, 6) is 0.793. The SMILES string of the molecule is CN1CCC(N(C)C(CN)c2ccccc2C2CC2)CC1. The van der Waals surface area contributed by atoms with Crippen LogP contribution in [0.25, 0.3) is 0 Å². The Kier molecular flexibility index (Phi) is 4.63. The fourth-order valence-electron chi connectivity index (χ4n) is 3.75. The quantitative estimate of drug-likeness (QED) is 0.903. The van der Waals surface area contributed by atoms with Crippen LogP contribution in [0.15, 0.2) is 24.3 Å². The fourth-order valence-corrected chi connectivity index (χ4v) is 3.75. The average molecular weight is 287 g/mol. The zero-order valence-electron chi connectivity index (χ0n) is 13.5. The van der Waals surface area contributed by atoms with Crippen molar-refractivity contribution in [3.8, 4) is 0 Å². The van der Waals surface area contributed by atoms with E-state index in [1.54, 1.807) is 5.56 Å². The lowest BCUT2D eigenvalue weighted by Gasteiger charge is -2.40. The number of nitrogens with two attached hydrogens (primary N) is 1. The Bertz CT molecular complexity index is 461. The van der Waals surface area contributed by atoms with Crippen LogP contribution in [-0.2, 0) is 0 Å². The van der Waals surface area contributed by atoms with Gasteiger partial charge in [-0.3, -0.25) is 4.90 Å². The van der Waals surface area contributed by atoms with E-state index in [-0.39, 0.29) is 0 Å². The number of likely N-dealkylation sites (N-methyl/N-ethyl adjacent to an activating group) is 1. The Balaban J connectivity index is 1.78. The zero-order chi connectivity index (χ0) is 14.8. The van der Waals surface area contributed by atoms with E-state index in [0.717, 1.165) is 5.92 Å². The topological polar surface area (TPSA) is 32.5 Å². The molecule has 0 amide bonds. The maximum Gasteiger partial charge on any atom is 0.0473 e. The van der Waals surface area contributed by atoms with E-state index in [9.17, 15) is 0 Å². The minimum atomic E-state index is 0.371. The minimum absolute atomic E-state index is 0.371. The molecular weight excluding hydrogens is 258 g/mol. The van der Waals surface area contributed by atoms with Gasteiger partial charge in [0, 0.05) is 18.6 Å². The average Bonchev–Trinajstić information content (AvgIpc) is 3.34. The number of piperidine rings is 1.